The van der Waals surface area contributed by atoms with Crippen LogP contribution in [0.1, 0.15) is 36.7 Å². The van der Waals surface area contributed by atoms with Gasteiger partial charge in [0, 0.05) is 18.8 Å². The van der Waals surface area contributed by atoms with Gasteiger partial charge in [0.25, 0.3) is 5.91 Å². The molecular weight excluding hydrogens is 218 g/mol. The zero-order chi connectivity index (χ0) is 12.3. The Morgan fingerprint density at radius 1 is 1.65 bits per heavy atom. The van der Waals surface area contributed by atoms with Crippen LogP contribution in [0.4, 0.5) is 0 Å². The molecule has 0 radical (unpaired) electrons. The van der Waals surface area contributed by atoms with E-state index >= 15 is 0 Å². The highest BCUT2D eigenvalue weighted by molar-refractivity contribution is 5.92. The Kier molecular flexibility index (Phi) is 3.47. The van der Waals surface area contributed by atoms with E-state index in [4.69, 9.17) is 4.74 Å². The summed E-state index contributed by atoms with van der Waals surface area (Å²) in [5.41, 5.74) is 0.536. The zero-order valence-electron chi connectivity index (χ0n) is 10.4. The Bertz CT molecular complexity index is 396. The molecular formula is C12H19N3O2. The Hall–Kier alpha value is -1.36. The summed E-state index contributed by atoms with van der Waals surface area (Å²) in [5.74, 6) is -0.0690. The van der Waals surface area contributed by atoms with Crippen LogP contribution in [0.25, 0.3) is 0 Å². The molecule has 1 saturated carbocycles. The fourth-order valence-corrected chi connectivity index (χ4v) is 1.81. The third kappa shape index (κ3) is 2.85. The number of amides is 1. The fraction of sp³-hybridized carbons (Fsp3) is 0.667. The highest BCUT2D eigenvalue weighted by atomic mass is 16.5. The van der Waals surface area contributed by atoms with Crippen LogP contribution in [0.15, 0.2) is 12.3 Å². The number of hydrogen-bond donors (Lipinski definition) is 1. The summed E-state index contributed by atoms with van der Waals surface area (Å²) in [6.45, 7) is 3.37. The highest BCUT2D eigenvalue weighted by Gasteiger charge is 2.42. The van der Waals surface area contributed by atoms with Gasteiger partial charge in [0.15, 0.2) is 0 Å². The predicted octanol–water partition coefficient (Wildman–Crippen LogP) is 1.20. The average molecular weight is 237 g/mol. The summed E-state index contributed by atoms with van der Waals surface area (Å²) < 4.78 is 6.69. The van der Waals surface area contributed by atoms with Crippen molar-refractivity contribution in [2.24, 2.45) is 0 Å². The van der Waals surface area contributed by atoms with Crippen LogP contribution in [0.2, 0.25) is 0 Å². The van der Waals surface area contributed by atoms with Gasteiger partial charge in [0.1, 0.15) is 5.69 Å². The Labute approximate surface area is 101 Å². The second-order valence-corrected chi connectivity index (χ2v) is 4.54. The van der Waals surface area contributed by atoms with E-state index < -0.39 is 0 Å². The lowest BCUT2D eigenvalue weighted by Gasteiger charge is -2.13. The lowest BCUT2D eigenvalue weighted by molar-refractivity contribution is 0.0923. The number of nitrogens with zero attached hydrogens (tertiary/aromatic N) is 2. The van der Waals surface area contributed by atoms with E-state index in [9.17, 15) is 4.79 Å². The van der Waals surface area contributed by atoms with Crippen molar-refractivity contribution >= 4 is 5.91 Å². The number of nitrogens with one attached hydrogen (secondary N) is 1. The molecule has 0 aliphatic heterocycles. The number of carbonyl (C=O) groups excluding carboxylic acids is 1. The van der Waals surface area contributed by atoms with Gasteiger partial charge in [0.2, 0.25) is 0 Å². The second kappa shape index (κ2) is 4.87. The maximum absolute atomic E-state index is 11.9. The average Bonchev–Trinajstić information content (AvgIpc) is 2.94. The molecule has 1 fully saturated rings. The van der Waals surface area contributed by atoms with Crippen LogP contribution < -0.4 is 5.32 Å². The van der Waals surface area contributed by atoms with E-state index in [0.29, 0.717) is 18.8 Å². The highest BCUT2D eigenvalue weighted by Crippen LogP contribution is 2.38. The van der Waals surface area contributed by atoms with Gasteiger partial charge in [-0.25, -0.2) is 0 Å². The number of hydrogen-bond acceptors (Lipinski definition) is 3. The first-order chi connectivity index (χ1) is 8.19. The molecule has 5 nitrogen and oxygen atoms in total. The summed E-state index contributed by atoms with van der Waals surface area (Å²) in [5, 5.41) is 7.28. The van der Waals surface area contributed by atoms with Crippen molar-refractivity contribution in [3.05, 3.63) is 18.0 Å². The maximum Gasteiger partial charge on any atom is 0.272 e. The molecule has 2 rings (SSSR count). The van der Waals surface area contributed by atoms with Crippen molar-refractivity contribution in [1.82, 2.24) is 15.1 Å². The summed E-state index contributed by atoms with van der Waals surface area (Å²) in [6, 6.07) is 1.75. The van der Waals surface area contributed by atoms with Crippen LogP contribution in [-0.2, 0) is 11.3 Å². The molecule has 1 N–H and O–H groups in total. The van der Waals surface area contributed by atoms with Gasteiger partial charge in [-0.2, -0.15) is 5.10 Å². The number of ether oxygens (including phenoxy) is 1. The van der Waals surface area contributed by atoms with Crippen molar-refractivity contribution in [1.29, 1.82) is 0 Å². The van der Waals surface area contributed by atoms with Gasteiger partial charge < -0.3 is 10.1 Å². The largest absolute Gasteiger partial charge is 0.383 e. The van der Waals surface area contributed by atoms with Gasteiger partial charge in [0.05, 0.1) is 13.2 Å². The molecule has 1 heterocycles. The first kappa shape index (κ1) is 12.1. The lowest BCUT2D eigenvalue weighted by Crippen LogP contribution is -2.36. The predicted molar refractivity (Wildman–Crippen MR) is 63.8 cm³/mol. The van der Waals surface area contributed by atoms with E-state index in [2.05, 4.69) is 17.3 Å². The van der Waals surface area contributed by atoms with E-state index in [0.717, 1.165) is 19.3 Å². The normalized spacial score (nSPS) is 16.8. The SMILES string of the molecule is CCC1(NC(=O)c2ccn(CCOC)n2)CC1. The number of rotatable bonds is 6. The molecule has 1 aliphatic rings. The molecule has 94 valence electrons. The van der Waals surface area contributed by atoms with Crippen molar-refractivity contribution < 1.29 is 9.53 Å². The van der Waals surface area contributed by atoms with Crippen molar-refractivity contribution in [2.45, 2.75) is 38.3 Å². The zero-order valence-corrected chi connectivity index (χ0v) is 10.4. The van der Waals surface area contributed by atoms with Gasteiger partial charge in [-0.1, -0.05) is 6.92 Å². The summed E-state index contributed by atoms with van der Waals surface area (Å²) in [7, 11) is 1.65. The monoisotopic (exact) mass is 237 g/mol. The van der Waals surface area contributed by atoms with Gasteiger partial charge in [-0.05, 0) is 25.3 Å². The second-order valence-electron chi connectivity index (χ2n) is 4.54. The van der Waals surface area contributed by atoms with Gasteiger partial charge in [-0.15, -0.1) is 0 Å². The molecule has 17 heavy (non-hydrogen) atoms. The van der Waals surface area contributed by atoms with Crippen LogP contribution in [-0.4, -0.2) is 34.9 Å². The fourth-order valence-electron chi connectivity index (χ4n) is 1.81. The lowest BCUT2D eigenvalue weighted by atomic mass is 10.2. The first-order valence-corrected chi connectivity index (χ1v) is 6.04. The summed E-state index contributed by atoms with van der Waals surface area (Å²) in [6.07, 6.45) is 4.96. The molecule has 0 aromatic carbocycles. The minimum atomic E-state index is -0.0690. The van der Waals surface area contributed by atoms with E-state index in [-0.39, 0.29) is 11.4 Å². The maximum atomic E-state index is 11.9. The Morgan fingerprint density at radius 2 is 2.41 bits per heavy atom. The standard InChI is InChI=1S/C12H19N3O2/c1-3-12(5-6-12)13-11(16)10-4-7-15(14-10)8-9-17-2/h4,7H,3,5-6,8-9H2,1-2H3,(H,13,16). The quantitative estimate of drug-likeness (QED) is 0.809. The third-order valence-corrected chi connectivity index (χ3v) is 3.31. The van der Waals surface area contributed by atoms with E-state index in [1.165, 1.54) is 0 Å². The topological polar surface area (TPSA) is 56.2 Å². The van der Waals surface area contributed by atoms with E-state index in [1.807, 2.05) is 0 Å². The van der Waals surface area contributed by atoms with Gasteiger partial charge >= 0.3 is 0 Å². The Balaban J connectivity index is 1.92. The molecule has 5 heteroatoms. The molecule has 0 spiro atoms. The molecule has 1 aromatic heterocycles. The van der Waals surface area contributed by atoms with E-state index in [1.54, 1.807) is 24.1 Å². The van der Waals surface area contributed by atoms with Crippen LogP contribution in [0, 0.1) is 0 Å². The first-order valence-electron chi connectivity index (χ1n) is 6.04. The number of aromatic nitrogens is 2. The summed E-state index contributed by atoms with van der Waals surface area (Å²) >= 11 is 0. The van der Waals surface area contributed by atoms with Crippen molar-refractivity contribution in [2.75, 3.05) is 13.7 Å². The summed E-state index contributed by atoms with van der Waals surface area (Å²) in [4.78, 5) is 11.9. The number of carbonyl (C=O) groups is 1. The van der Waals surface area contributed by atoms with Crippen LogP contribution in [0.3, 0.4) is 0 Å². The van der Waals surface area contributed by atoms with Crippen LogP contribution in [0.5, 0.6) is 0 Å². The molecule has 0 atom stereocenters. The molecule has 0 bridgehead atoms. The third-order valence-electron chi connectivity index (χ3n) is 3.31. The molecule has 0 unspecified atom stereocenters. The van der Waals surface area contributed by atoms with Gasteiger partial charge in [-0.3, -0.25) is 9.48 Å². The molecule has 1 aliphatic carbocycles. The molecule has 1 amide bonds. The molecule has 0 saturated heterocycles. The smallest absolute Gasteiger partial charge is 0.272 e. The Morgan fingerprint density at radius 3 is 3.00 bits per heavy atom. The minimum absolute atomic E-state index is 0.0490. The molecule has 1 aromatic rings. The van der Waals surface area contributed by atoms with Crippen molar-refractivity contribution in [3.63, 3.8) is 0 Å². The van der Waals surface area contributed by atoms with Crippen molar-refractivity contribution in [3.8, 4) is 0 Å². The number of methoxy groups -OCH3 is 1. The minimum Gasteiger partial charge on any atom is -0.383 e. The van der Waals surface area contributed by atoms with Crippen LogP contribution >= 0.6 is 0 Å².